The molecule has 4 rings (SSSR count). The van der Waals surface area contributed by atoms with Crippen LogP contribution in [0.2, 0.25) is 0 Å². The summed E-state index contributed by atoms with van der Waals surface area (Å²) in [6, 6.07) is 24.1. The van der Waals surface area contributed by atoms with Gasteiger partial charge in [0.2, 0.25) is 0 Å². The molecule has 4 heteroatoms. The highest BCUT2D eigenvalue weighted by Crippen LogP contribution is 2.45. The number of hydrogen-bond acceptors (Lipinski definition) is 4. The van der Waals surface area contributed by atoms with Crippen molar-refractivity contribution in [1.82, 2.24) is 0 Å². The second kappa shape index (κ2) is 8.37. The molecule has 0 N–H and O–H groups in total. The number of benzene rings is 4. The zero-order chi connectivity index (χ0) is 21.1. The first-order valence-electron chi connectivity index (χ1n) is 9.67. The van der Waals surface area contributed by atoms with E-state index in [1.807, 2.05) is 54.6 Å². The number of hydrogen-bond donors (Lipinski definition) is 0. The lowest BCUT2D eigenvalue weighted by Gasteiger charge is -2.18. The molecule has 0 aromatic heterocycles. The fraction of sp³-hybridized carbons (Fsp3) is 0.154. The summed E-state index contributed by atoms with van der Waals surface area (Å²) in [5.41, 5.74) is 3.89. The van der Waals surface area contributed by atoms with E-state index in [9.17, 15) is 0 Å². The van der Waals surface area contributed by atoms with Gasteiger partial charge in [-0.2, -0.15) is 0 Å². The minimum absolute atomic E-state index is 0.761. The molecule has 0 aliphatic rings. The van der Waals surface area contributed by atoms with E-state index in [2.05, 4.69) is 18.2 Å². The minimum Gasteiger partial charge on any atom is -0.496 e. The molecule has 0 amide bonds. The van der Waals surface area contributed by atoms with E-state index in [-0.39, 0.29) is 0 Å². The van der Waals surface area contributed by atoms with Crippen LogP contribution in [0.1, 0.15) is 0 Å². The van der Waals surface area contributed by atoms with E-state index in [0.29, 0.717) is 0 Å². The molecule has 0 fully saturated rings. The van der Waals surface area contributed by atoms with Crippen molar-refractivity contribution in [3.8, 4) is 45.3 Å². The monoisotopic (exact) mass is 400 g/mol. The molecular weight excluding hydrogens is 376 g/mol. The third-order valence-corrected chi connectivity index (χ3v) is 5.30. The normalized spacial score (nSPS) is 10.7. The number of rotatable bonds is 6. The molecule has 0 aliphatic heterocycles. The molecule has 0 heterocycles. The maximum atomic E-state index is 5.80. The summed E-state index contributed by atoms with van der Waals surface area (Å²) in [5.74, 6) is 3.13. The van der Waals surface area contributed by atoms with Crippen LogP contribution in [0.15, 0.2) is 72.8 Å². The van der Waals surface area contributed by atoms with Gasteiger partial charge < -0.3 is 18.9 Å². The van der Waals surface area contributed by atoms with Crippen LogP contribution >= 0.6 is 0 Å². The Labute approximate surface area is 176 Å². The van der Waals surface area contributed by atoms with Crippen molar-refractivity contribution >= 4 is 10.8 Å². The van der Waals surface area contributed by atoms with Crippen molar-refractivity contribution < 1.29 is 18.9 Å². The summed E-state index contributed by atoms with van der Waals surface area (Å²) < 4.78 is 22.7. The van der Waals surface area contributed by atoms with E-state index in [0.717, 1.165) is 56.0 Å². The zero-order valence-corrected chi connectivity index (χ0v) is 17.6. The molecule has 0 spiro atoms. The molecule has 4 nitrogen and oxygen atoms in total. The zero-order valence-electron chi connectivity index (χ0n) is 17.6. The van der Waals surface area contributed by atoms with Crippen LogP contribution in [0.4, 0.5) is 0 Å². The van der Waals surface area contributed by atoms with Crippen LogP contribution in [0.3, 0.4) is 0 Å². The first-order valence-corrected chi connectivity index (χ1v) is 9.67. The average molecular weight is 400 g/mol. The van der Waals surface area contributed by atoms with Gasteiger partial charge in [-0.25, -0.2) is 0 Å². The van der Waals surface area contributed by atoms with E-state index in [4.69, 9.17) is 18.9 Å². The smallest absolute Gasteiger partial charge is 0.127 e. The topological polar surface area (TPSA) is 36.9 Å². The highest BCUT2D eigenvalue weighted by molar-refractivity contribution is 6.04. The lowest BCUT2D eigenvalue weighted by Crippen LogP contribution is -1.95. The summed E-state index contributed by atoms with van der Waals surface area (Å²) in [4.78, 5) is 0. The quantitative estimate of drug-likeness (QED) is 0.386. The van der Waals surface area contributed by atoms with Crippen molar-refractivity contribution in [2.45, 2.75) is 0 Å². The molecule has 0 radical (unpaired) electrons. The Morgan fingerprint density at radius 1 is 0.467 bits per heavy atom. The van der Waals surface area contributed by atoms with Crippen molar-refractivity contribution in [1.29, 1.82) is 0 Å². The maximum Gasteiger partial charge on any atom is 0.127 e. The van der Waals surface area contributed by atoms with Crippen LogP contribution in [0.25, 0.3) is 33.0 Å². The summed E-state index contributed by atoms with van der Waals surface area (Å²) in [6.07, 6.45) is 0. The largest absolute Gasteiger partial charge is 0.496 e. The van der Waals surface area contributed by atoms with Crippen LogP contribution in [0.5, 0.6) is 23.0 Å². The fourth-order valence-corrected chi connectivity index (χ4v) is 3.88. The van der Waals surface area contributed by atoms with Crippen molar-refractivity contribution in [2.75, 3.05) is 28.4 Å². The minimum atomic E-state index is 0.761. The first kappa shape index (κ1) is 19.6. The van der Waals surface area contributed by atoms with Gasteiger partial charge in [0.1, 0.15) is 23.0 Å². The van der Waals surface area contributed by atoms with Gasteiger partial charge in [-0.05, 0) is 41.1 Å². The Morgan fingerprint density at radius 2 is 1.03 bits per heavy atom. The van der Waals surface area contributed by atoms with E-state index in [1.54, 1.807) is 28.4 Å². The molecule has 0 unspecified atom stereocenters. The third kappa shape index (κ3) is 3.30. The number of methoxy groups -OCH3 is 4. The Kier molecular flexibility index (Phi) is 5.48. The Morgan fingerprint density at radius 3 is 1.67 bits per heavy atom. The lowest BCUT2D eigenvalue weighted by atomic mass is 9.93. The molecule has 152 valence electrons. The van der Waals surface area contributed by atoms with Gasteiger partial charge in [-0.1, -0.05) is 42.5 Å². The Balaban J connectivity index is 2.05. The predicted molar refractivity (Wildman–Crippen MR) is 121 cm³/mol. The van der Waals surface area contributed by atoms with Gasteiger partial charge in [0, 0.05) is 22.3 Å². The Hall–Kier alpha value is -3.66. The third-order valence-electron chi connectivity index (χ3n) is 5.30. The van der Waals surface area contributed by atoms with E-state index >= 15 is 0 Å². The number of fused-ring (bicyclic) bond motifs is 1. The second-order valence-electron chi connectivity index (χ2n) is 6.82. The van der Waals surface area contributed by atoms with Crippen molar-refractivity contribution in [2.24, 2.45) is 0 Å². The summed E-state index contributed by atoms with van der Waals surface area (Å²) in [6.45, 7) is 0. The molecule has 0 bridgehead atoms. The Bertz CT molecular complexity index is 1200. The highest BCUT2D eigenvalue weighted by Gasteiger charge is 2.18. The first-order chi connectivity index (χ1) is 14.7. The van der Waals surface area contributed by atoms with Gasteiger partial charge in [-0.3, -0.25) is 0 Å². The molecule has 0 aliphatic carbocycles. The van der Waals surface area contributed by atoms with Gasteiger partial charge >= 0.3 is 0 Å². The van der Waals surface area contributed by atoms with Crippen molar-refractivity contribution in [3.63, 3.8) is 0 Å². The van der Waals surface area contributed by atoms with E-state index < -0.39 is 0 Å². The predicted octanol–water partition coefficient (Wildman–Crippen LogP) is 6.21. The van der Waals surface area contributed by atoms with Crippen LogP contribution in [-0.4, -0.2) is 28.4 Å². The summed E-state index contributed by atoms with van der Waals surface area (Å²) in [5, 5.41) is 2.09. The molecule has 4 aromatic carbocycles. The van der Waals surface area contributed by atoms with Gasteiger partial charge in [0.15, 0.2) is 0 Å². The molecule has 0 atom stereocenters. The molecule has 0 saturated carbocycles. The number of ether oxygens (including phenoxy) is 4. The standard InChI is InChI=1S/C26H24O4/c1-27-22-11-7-5-9-18(22)21-15-17-13-14-24(29-3)26(20(17)16-25(21)30-4)19-10-6-8-12-23(19)28-2/h5-16H,1-4H3. The molecule has 4 aromatic rings. The van der Waals surface area contributed by atoms with Crippen molar-refractivity contribution in [3.05, 3.63) is 72.8 Å². The highest BCUT2D eigenvalue weighted by atomic mass is 16.5. The van der Waals surface area contributed by atoms with Crippen LogP contribution in [-0.2, 0) is 0 Å². The average Bonchev–Trinajstić information content (AvgIpc) is 2.82. The maximum absolute atomic E-state index is 5.80. The lowest BCUT2D eigenvalue weighted by molar-refractivity contribution is 0.409. The number of para-hydroxylation sites is 2. The summed E-state index contributed by atoms with van der Waals surface area (Å²) >= 11 is 0. The second-order valence-corrected chi connectivity index (χ2v) is 6.82. The van der Waals surface area contributed by atoms with Gasteiger partial charge in [-0.15, -0.1) is 0 Å². The SMILES string of the molecule is COc1ccccc1-c1cc2ccc(OC)c(-c3ccccc3OC)c2cc1OC. The summed E-state index contributed by atoms with van der Waals surface area (Å²) in [7, 11) is 6.72. The van der Waals surface area contributed by atoms with Gasteiger partial charge in [0.05, 0.1) is 28.4 Å². The van der Waals surface area contributed by atoms with Crippen LogP contribution < -0.4 is 18.9 Å². The molecule has 30 heavy (non-hydrogen) atoms. The van der Waals surface area contributed by atoms with E-state index in [1.165, 1.54) is 0 Å². The van der Waals surface area contributed by atoms with Gasteiger partial charge in [0.25, 0.3) is 0 Å². The molecule has 0 saturated heterocycles. The van der Waals surface area contributed by atoms with Crippen LogP contribution in [0, 0.1) is 0 Å². The molecular formula is C26H24O4. The fourth-order valence-electron chi connectivity index (χ4n) is 3.88.